The summed E-state index contributed by atoms with van der Waals surface area (Å²) in [5.41, 5.74) is 0.0475. The molecule has 6 nitrogen and oxygen atoms in total. The second kappa shape index (κ2) is 5.24. The van der Waals surface area contributed by atoms with E-state index in [2.05, 4.69) is 0 Å². The molecular formula is C15H17FN2O4. The van der Waals surface area contributed by atoms with Crippen molar-refractivity contribution >= 4 is 12.0 Å². The van der Waals surface area contributed by atoms with Crippen LogP contribution < -0.4 is 0 Å². The lowest BCUT2D eigenvalue weighted by atomic mass is 9.80. The molecule has 2 aliphatic heterocycles. The SMILES string of the molecule is CC1(C(=O)N2OCC[C@H]2c2ccc(F)cc2)CN(C(=O)O)C1. The molecule has 0 aliphatic carbocycles. The lowest BCUT2D eigenvalue weighted by Gasteiger charge is -2.46. The highest BCUT2D eigenvalue weighted by Gasteiger charge is 2.51. The van der Waals surface area contributed by atoms with Crippen LogP contribution in [0.15, 0.2) is 24.3 Å². The third-order valence-corrected chi connectivity index (χ3v) is 4.23. The lowest BCUT2D eigenvalue weighted by molar-refractivity contribution is -0.195. The van der Waals surface area contributed by atoms with E-state index in [1.807, 2.05) is 0 Å². The Morgan fingerprint density at radius 3 is 2.55 bits per heavy atom. The van der Waals surface area contributed by atoms with E-state index in [0.29, 0.717) is 13.0 Å². The van der Waals surface area contributed by atoms with Gasteiger partial charge in [-0.25, -0.2) is 14.2 Å². The minimum atomic E-state index is -1.03. The molecule has 0 unspecified atom stereocenters. The van der Waals surface area contributed by atoms with Gasteiger partial charge in [0.15, 0.2) is 0 Å². The molecule has 7 heteroatoms. The number of amides is 2. The molecule has 1 atom stereocenters. The van der Waals surface area contributed by atoms with Crippen molar-refractivity contribution in [3.05, 3.63) is 35.6 Å². The maximum atomic E-state index is 13.0. The van der Waals surface area contributed by atoms with Gasteiger partial charge in [0.05, 0.1) is 18.1 Å². The number of hydrogen-bond donors (Lipinski definition) is 1. The third-order valence-electron chi connectivity index (χ3n) is 4.23. The number of halogens is 1. The van der Waals surface area contributed by atoms with Gasteiger partial charge in [0.1, 0.15) is 5.82 Å². The Morgan fingerprint density at radius 2 is 1.95 bits per heavy atom. The van der Waals surface area contributed by atoms with E-state index in [1.165, 1.54) is 22.1 Å². The van der Waals surface area contributed by atoms with Crippen LogP contribution in [-0.4, -0.2) is 46.8 Å². The van der Waals surface area contributed by atoms with Gasteiger partial charge in [0, 0.05) is 19.5 Å². The summed E-state index contributed by atoms with van der Waals surface area (Å²) in [6.45, 7) is 2.47. The molecule has 0 aromatic heterocycles. The van der Waals surface area contributed by atoms with Gasteiger partial charge in [0.25, 0.3) is 5.91 Å². The number of carbonyl (C=O) groups excluding carboxylic acids is 1. The predicted octanol–water partition coefficient (Wildman–Crippen LogP) is 2.03. The minimum absolute atomic E-state index is 0.164. The first-order chi connectivity index (χ1) is 10.4. The van der Waals surface area contributed by atoms with Crippen LogP contribution in [0.4, 0.5) is 9.18 Å². The molecule has 2 aliphatic rings. The molecule has 3 rings (SSSR count). The van der Waals surface area contributed by atoms with Crippen molar-refractivity contribution in [1.29, 1.82) is 0 Å². The molecule has 0 bridgehead atoms. The highest BCUT2D eigenvalue weighted by molar-refractivity contribution is 5.85. The summed E-state index contributed by atoms with van der Waals surface area (Å²) in [6, 6.07) is 5.73. The van der Waals surface area contributed by atoms with Crippen LogP contribution in [0.1, 0.15) is 24.9 Å². The maximum Gasteiger partial charge on any atom is 0.407 e. The quantitative estimate of drug-likeness (QED) is 0.907. The molecule has 1 aromatic carbocycles. The first kappa shape index (κ1) is 14.8. The van der Waals surface area contributed by atoms with Crippen LogP contribution in [0.3, 0.4) is 0 Å². The molecule has 2 fully saturated rings. The van der Waals surface area contributed by atoms with Crippen molar-refractivity contribution < 1.29 is 23.9 Å². The summed E-state index contributed by atoms with van der Waals surface area (Å²) < 4.78 is 13.0. The fourth-order valence-corrected chi connectivity index (χ4v) is 2.99. The van der Waals surface area contributed by atoms with Crippen molar-refractivity contribution in [2.24, 2.45) is 5.41 Å². The van der Waals surface area contributed by atoms with E-state index < -0.39 is 11.5 Å². The van der Waals surface area contributed by atoms with E-state index in [9.17, 15) is 14.0 Å². The number of hydroxylamine groups is 2. The molecular weight excluding hydrogens is 291 g/mol. The van der Waals surface area contributed by atoms with Gasteiger partial charge in [0.2, 0.25) is 0 Å². The van der Waals surface area contributed by atoms with E-state index in [0.717, 1.165) is 5.56 Å². The van der Waals surface area contributed by atoms with Gasteiger partial charge in [-0.2, -0.15) is 0 Å². The molecule has 1 aromatic rings. The Kier molecular flexibility index (Phi) is 3.52. The Morgan fingerprint density at radius 1 is 1.32 bits per heavy atom. The molecule has 0 radical (unpaired) electrons. The predicted molar refractivity (Wildman–Crippen MR) is 74.3 cm³/mol. The summed E-state index contributed by atoms with van der Waals surface area (Å²) in [6.07, 6.45) is -0.390. The maximum absolute atomic E-state index is 13.0. The molecule has 2 amide bonds. The second-order valence-corrected chi connectivity index (χ2v) is 6.02. The topological polar surface area (TPSA) is 70.1 Å². The monoisotopic (exact) mass is 308 g/mol. The minimum Gasteiger partial charge on any atom is -0.465 e. The summed E-state index contributed by atoms with van der Waals surface area (Å²) in [5, 5.41) is 10.2. The van der Waals surface area contributed by atoms with Crippen molar-refractivity contribution in [2.75, 3.05) is 19.7 Å². The van der Waals surface area contributed by atoms with Crippen molar-refractivity contribution in [3.63, 3.8) is 0 Å². The van der Waals surface area contributed by atoms with Crippen LogP contribution in [0.25, 0.3) is 0 Å². The van der Waals surface area contributed by atoms with E-state index >= 15 is 0 Å². The average Bonchev–Trinajstić information content (AvgIpc) is 2.93. The number of carbonyl (C=O) groups is 2. The van der Waals surface area contributed by atoms with E-state index in [4.69, 9.17) is 9.94 Å². The molecule has 2 saturated heterocycles. The van der Waals surface area contributed by atoms with Crippen LogP contribution in [0.2, 0.25) is 0 Å². The first-order valence-corrected chi connectivity index (χ1v) is 7.11. The van der Waals surface area contributed by atoms with Gasteiger partial charge in [-0.05, 0) is 24.6 Å². The summed E-state index contributed by atoms with van der Waals surface area (Å²) in [4.78, 5) is 30.2. The molecule has 0 saturated carbocycles. The van der Waals surface area contributed by atoms with E-state index in [-0.39, 0.29) is 30.9 Å². The highest BCUT2D eigenvalue weighted by Crippen LogP contribution is 2.38. The summed E-state index contributed by atoms with van der Waals surface area (Å²) in [7, 11) is 0. The van der Waals surface area contributed by atoms with Gasteiger partial charge in [-0.1, -0.05) is 12.1 Å². The number of likely N-dealkylation sites (tertiary alicyclic amines) is 1. The molecule has 1 N–H and O–H groups in total. The van der Waals surface area contributed by atoms with Gasteiger partial charge >= 0.3 is 6.09 Å². The molecule has 0 spiro atoms. The second-order valence-electron chi connectivity index (χ2n) is 6.02. The van der Waals surface area contributed by atoms with Gasteiger partial charge in [-0.15, -0.1) is 0 Å². The normalized spacial score (nSPS) is 23.3. The zero-order valence-electron chi connectivity index (χ0n) is 12.2. The number of nitrogens with zero attached hydrogens (tertiary/aromatic N) is 2. The van der Waals surface area contributed by atoms with Gasteiger partial charge < -0.3 is 10.0 Å². The van der Waals surface area contributed by atoms with Crippen molar-refractivity contribution in [3.8, 4) is 0 Å². The highest BCUT2D eigenvalue weighted by atomic mass is 19.1. The Bertz CT molecular complexity index is 598. The van der Waals surface area contributed by atoms with Crippen LogP contribution in [-0.2, 0) is 9.63 Å². The van der Waals surface area contributed by atoms with Crippen molar-refractivity contribution in [2.45, 2.75) is 19.4 Å². The van der Waals surface area contributed by atoms with Crippen LogP contribution in [0, 0.1) is 11.2 Å². The van der Waals surface area contributed by atoms with Crippen LogP contribution in [0.5, 0.6) is 0 Å². The Balaban J connectivity index is 1.75. The van der Waals surface area contributed by atoms with Crippen LogP contribution >= 0.6 is 0 Å². The number of hydrogen-bond acceptors (Lipinski definition) is 3. The van der Waals surface area contributed by atoms with Crippen molar-refractivity contribution in [1.82, 2.24) is 9.96 Å². The zero-order chi connectivity index (χ0) is 15.9. The zero-order valence-corrected chi connectivity index (χ0v) is 12.2. The summed E-state index contributed by atoms with van der Waals surface area (Å²) >= 11 is 0. The smallest absolute Gasteiger partial charge is 0.407 e. The number of benzene rings is 1. The standard InChI is InChI=1S/C15H17FN2O4/c1-15(8-17(9-15)14(20)21)13(19)18-12(6-7-22-18)10-2-4-11(16)5-3-10/h2-5,12H,6-9H2,1H3,(H,20,21)/t12-/m0/s1. The Hall–Kier alpha value is -2.15. The Labute approximate surface area is 127 Å². The number of carboxylic acid groups (broad SMARTS) is 1. The largest absolute Gasteiger partial charge is 0.465 e. The molecule has 22 heavy (non-hydrogen) atoms. The first-order valence-electron chi connectivity index (χ1n) is 7.11. The fourth-order valence-electron chi connectivity index (χ4n) is 2.99. The lowest BCUT2D eigenvalue weighted by Crippen LogP contribution is -2.63. The number of rotatable bonds is 2. The molecule has 2 heterocycles. The average molecular weight is 308 g/mol. The molecule has 118 valence electrons. The van der Waals surface area contributed by atoms with E-state index in [1.54, 1.807) is 19.1 Å². The fraction of sp³-hybridized carbons (Fsp3) is 0.467. The van der Waals surface area contributed by atoms with Gasteiger partial charge in [-0.3, -0.25) is 9.63 Å². The summed E-state index contributed by atoms with van der Waals surface area (Å²) in [5.74, 6) is -0.555. The third kappa shape index (κ3) is 2.41.